The first-order valence-corrected chi connectivity index (χ1v) is 6.70. The van der Waals surface area contributed by atoms with Crippen LogP contribution in [0.3, 0.4) is 0 Å². The molecule has 2 aliphatic rings. The molecule has 1 aromatic carbocycles. The first-order chi connectivity index (χ1) is 8.42. The van der Waals surface area contributed by atoms with Crippen molar-refractivity contribution in [1.82, 2.24) is 10.3 Å². The molecular weight excluding hydrogens is 208 g/mol. The average Bonchev–Trinajstić information content (AvgIpc) is 2.97. The second-order valence-corrected chi connectivity index (χ2v) is 5.13. The maximum Gasteiger partial charge on any atom is 0.0453 e. The summed E-state index contributed by atoms with van der Waals surface area (Å²) in [5, 5.41) is 4.87. The van der Waals surface area contributed by atoms with E-state index in [0.717, 1.165) is 12.1 Å². The number of rotatable bonds is 0. The zero-order chi connectivity index (χ0) is 11.5. The maximum atomic E-state index is 3.59. The molecule has 0 aliphatic carbocycles. The number of para-hydroxylation sites is 1. The van der Waals surface area contributed by atoms with Gasteiger partial charge in [0, 0.05) is 23.8 Å². The molecule has 2 saturated heterocycles. The van der Waals surface area contributed by atoms with Gasteiger partial charge < -0.3 is 10.3 Å². The smallest absolute Gasteiger partial charge is 0.0453 e. The molecule has 0 saturated carbocycles. The number of hydrogen-bond donors (Lipinski definition) is 2. The highest BCUT2D eigenvalue weighted by molar-refractivity contribution is 5.78. The Labute approximate surface area is 102 Å². The van der Waals surface area contributed by atoms with E-state index in [2.05, 4.69) is 28.5 Å². The topological polar surface area (TPSA) is 27.8 Å². The molecule has 2 aromatic rings. The minimum absolute atomic E-state index is 0.911. The van der Waals surface area contributed by atoms with Crippen molar-refractivity contribution in [3.63, 3.8) is 0 Å². The molecule has 3 heterocycles. The molecule has 0 amide bonds. The molecule has 2 aliphatic heterocycles. The average molecular weight is 228 g/mol. The molecule has 0 spiro atoms. The van der Waals surface area contributed by atoms with Gasteiger partial charge in [-0.1, -0.05) is 24.6 Å². The van der Waals surface area contributed by atoms with Gasteiger partial charge in [-0.15, -0.1) is 0 Å². The Morgan fingerprint density at radius 2 is 1.65 bits per heavy atom. The van der Waals surface area contributed by atoms with Gasteiger partial charge in [-0.3, -0.25) is 0 Å². The van der Waals surface area contributed by atoms with Crippen LogP contribution < -0.4 is 5.32 Å². The molecule has 2 atom stereocenters. The molecule has 2 nitrogen and oxygen atoms in total. The maximum absolute atomic E-state index is 3.59. The Hall–Kier alpha value is -1.28. The Bertz CT molecular complexity index is 430. The number of aromatic nitrogens is 1. The molecule has 2 N–H and O–H groups in total. The normalized spacial score (nSPS) is 26.6. The van der Waals surface area contributed by atoms with Crippen molar-refractivity contribution in [3.05, 3.63) is 36.5 Å². The van der Waals surface area contributed by atoms with Crippen LogP contribution in [0.1, 0.15) is 32.1 Å². The van der Waals surface area contributed by atoms with Crippen LogP contribution in [0.15, 0.2) is 36.5 Å². The predicted molar refractivity (Wildman–Crippen MR) is 72.1 cm³/mol. The van der Waals surface area contributed by atoms with E-state index >= 15 is 0 Å². The van der Waals surface area contributed by atoms with Gasteiger partial charge in [0.1, 0.15) is 0 Å². The summed E-state index contributed by atoms with van der Waals surface area (Å²) in [6, 6.07) is 12.1. The van der Waals surface area contributed by atoms with Gasteiger partial charge >= 0.3 is 0 Å². The monoisotopic (exact) mass is 228 g/mol. The van der Waals surface area contributed by atoms with Gasteiger partial charge in [-0.2, -0.15) is 0 Å². The van der Waals surface area contributed by atoms with Crippen LogP contribution in [0.5, 0.6) is 0 Å². The number of aromatic amines is 1. The first-order valence-electron chi connectivity index (χ1n) is 6.70. The number of hydrogen-bond acceptors (Lipinski definition) is 1. The van der Waals surface area contributed by atoms with E-state index in [1.165, 1.54) is 43.0 Å². The number of benzene rings is 1. The zero-order valence-corrected chi connectivity index (χ0v) is 10.2. The number of piperidine rings is 1. The summed E-state index contributed by atoms with van der Waals surface area (Å²) in [4.78, 5) is 3.12. The quantitative estimate of drug-likeness (QED) is 0.710. The van der Waals surface area contributed by atoms with E-state index < -0.39 is 0 Å². The van der Waals surface area contributed by atoms with E-state index in [-0.39, 0.29) is 0 Å². The molecule has 0 radical (unpaired) electrons. The molecule has 2 unspecified atom stereocenters. The SMILES string of the molecule is C1CC2CCC(C1)N2.c1ccc2[nH]ccc2c1. The van der Waals surface area contributed by atoms with Crippen LogP contribution in [0.2, 0.25) is 0 Å². The van der Waals surface area contributed by atoms with E-state index in [4.69, 9.17) is 0 Å². The fourth-order valence-electron chi connectivity index (χ4n) is 2.96. The fraction of sp³-hybridized carbons (Fsp3) is 0.467. The lowest BCUT2D eigenvalue weighted by Gasteiger charge is -2.19. The van der Waals surface area contributed by atoms with Gasteiger partial charge in [-0.05, 0) is 43.2 Å². The minimum atomic E-state index is 0.911. The first kappa shape index (κ1) is 10.8. The van der Waals surface area contributed by atoms with E-state index in [1.807, 2.05) is 18.3 Å². The standard InChI is InChI=1S/C8H7N.C7H13N/c1-2-4-8-7(3-1)5-6-9-8;1-2-6-4-5-7(3-1)8-6/h1-6,9H;6-8H,1-5H2. The van der Waals surface area contributed by atoms with Gasteiger partial charge in [0.25, 0.3) is 0 Å². The summed E-state index contributed by atoms with van der Waals surface area (Å²) in [6.07, 6.45) is 9.20. The van der Waals surface area contributed by atoms with Crippen molar-refractivity contribution in [3.8, 4) is 0 Å². The Morgan fingerprint density at radius 3 is 2.35 bits per heavy atom. The highest BCUT2D eigenvalue weighted by Gasteiger charge is 2.26. The molecule has 17 heavy (non-hydrogen) atoms. The fourth-order valence-corrected chi connectivity index (χ4v) is 2.96. The largest absolute Gasteiger partial charge is 0.361 e. The van der Waals surface area contributed by atoms with Crippen molar-refractivity contribution < 1.29 is 0 Å². The number of H-pyrrole nitrogens is 1. The highest BCUT2D eigenvalue weighted by atomic mass is 15.0. The van der Waals surface area contributed by atoms with Gasteiger partial charge in [0.05, 0.1) is 0 Å². The third-order valence-electron chi connectivity index (χ3n) is 3.90. The highest BCUT2D eigenvalue weighted by Crippen LogP contribution is 2.25. The molecular formula is C15H20N2. The molecule has 2 bridgehead atoms. The van der Waals surface area contributed by atoms with Crippen molar-refractivity contribution in [2.75, 3.05) is 0 Å². The van der Waals surface area contributed by atoms with Gasteiger partial charge in [0.2, 0.25) is 0 Å². The van der Waals surface area contributed by atoms with Crippen LogP contribution in [0.4, 0.5) is 0 Å². The zero-order valence-electron chi connectivity index (χ0n) is 10.2. The Morgan fingerprint density at radius 1 is 0.882 bits per heavy atom. The van der Waals surface area contributed by atoms with Crippen LogP contribution in [0, 0.1) is 0 Å². The minimum Gasteiger partial charge on any atom is -0.361 e. The van der Waals surface area contributed by atoms with Crippen molar-refractivity contribution in [2.24, 2.45) is 0 Å². The molecule has 1 aromatic heterocycles. The lowest BCUT2D eigenvalue weighted by Crippen LogP contribution is -2.33. The summed E-state index contributed by atoms with van der Waals surface area (Å²) in [5.41, 5.74) is 1.21. The number of fused-ring (bicyclic) bond motifs is 3. The van der Waals surface area contributed by atoms with Crippen LogP contribution >= 0.6 is 0 Å². The third-order valence-corrected chi connectivity index (χ3v) is 3.90. The van der Waals surface area contributed by atoms with E-state index in [0.29, 0.717) is 0 Å². The summed E-state index contributed by atoms with van der Waals surface area (Å²) in [5.74, 6) is 0. The summed E-state index contributed by atoms with van der Waals surface area (Å²) in [7, 11) is 0. The molecule has 4 rings (SSSR count). The third kappa shape index (κ3) is 2.52. The summed E-state index contributed by atoms with van der Waals surface area (Å²) >= 11 is 0. The summed E-state index contributed by atoms with van der Waals surface area (Å²) < 4.78 is 0. The molecule has 2 fully saturated rings. The summed E-state index contributed by atoms with van der Waals surface area (Å²) in [6.45, 7) is 0. The Balaban J connectivity index is 0.000000107. The van der Waals surface area contributed by atoms with Crippen LogP contribution in [-0.2, 0) is 0 Å². The lowest BCUT2D eigenvalue weighted by molar-refractivity contribution is 0.406. The second kappa shape index (κ2) is 4.92. The lowest BCUT2D eigenvalue weighted by atomic mass is 10.1. The van der Waals surface area contributed by atoms with Crippen molar-refractivity contribution >= 4 is 10.9 Å². The van der Waals surface area contributed by atoms with Gasteiger partial charge in [0.15, 0.2) is 0 Å². The Kier molecular flexibility index (Phi) is 3.14. The predicted octanol–water partition coefficient (Wildman–Crippen LogP) is 3.46. The van der Waals surface area contributed by atoms with Gasteiger partial charge in [-0.25, -0.2) is 0 Å². The molecule has 2 heteroatoms. The van der Waals surface area contributed by atoms with Crippen molar-refractivity contribution in [2.45, 2.75) is 44.2 Å². The van der Waals surface area contributed by atoms with Crippen molar-refractivity contribution in [1.29, 1.82) is 0 Å². The van der Waals surface area contributed by atoms with E-state index in [9.17, 15) is 0 Å². The van der Waals surface area contributed by atoms with Crippen LogP contribution in [0.25, 0.3) is 10.9 Å². The molecule has 90 valence electrons. The van der Waals surface area contributed by atoms with Crippen LogP contribution in [-0.4, -0.2) is 17.1 Å². The second-order valence-electron chi connectivity index (χ2n) is 5.13. The number of nitrogens with one attached hydrogen (secondary N) is 2. The van der Waals surface area contributed by atoms with E-state index in [1.54, 1.807) is 0 Å².